The Morgan fingerprint density at radius 1 is 0.778 bits per heavy atom. The highest BCUT2D eigenvalue weighted by atomic mass is 18.2. The number of carbonyl (C=O) groups is 3. The zero-order valence-corrected chi connectivity index (χ0v) is 23.3. The Morgan fingerprint density at radius 3 is 1.72 bits per heavy atom. The zero-order chi connectivity index (χ0) is 27.7. The molecule has 0 bridgehead atoms. The molecule has 0 spiro atoms. The predicted octanol–water partition coefficient (Wildman–Crippen LogP) is 5.71. The fourth-order valence-corrected chi connectivity index (χ4v) is 3.37. The molecule has 1 N–H and O–H groups in total. The first-order valence-corrected chi connectivity index (χ1v) is 12.5. The molecule has 0 aliphatic rings. The second kappa shape index (κ2) is 13.1. The molecule has 2 unspecified atom stereocenters. The lowest BCUT2D eigenvalue weighted by atomic mass is 9.91. The highest BCUT2D eigenvalue weighted by Gasteiger charge is 2.35. The van der Waals surface area contributed by atoms with Crippen LogP contribution in [0.25, 0.3) is 0 Å². The van der Waals surface area contributed by atoms with Gasteiger partial charge in [-0.2, -0.15) is 0 Å². The van der Waals surface area contributed by atoms with Gasteiger partial charge in [0.15, 0.2) is 0 Å². The van der Waals surface area contributed by atoms with Crippen molar-refractivity contribution in [3.63, 3.8) is 0 Å². The molecule has 0 heterocycles. The SMILES string of the molecule is CC(C)(C)OC(=O)NC(CC(Cc1ccc(CCC[18F])cc1)C(=O)OC(C)(C)C)C(=O)OC(C)(C)C. The number of nitrogens with one attached hydrogen (secondary N) is 1. The van der Waals surface area contributed by atoms with Crippen molar-refractivity contribution in [2.24, 2.45) is 5.92 Å². The van der Waals surface area contributed by atoms with E-state index in [-0.39, 0.29) is 19.5 Å². The van der Waals surface area contributed by atoms with Crippen molar-refractivity contribution in [3.05, 3.63) is 35.4 Å². The fraction of sp³-hybridized carbons (Fsp3) is 0.679. The maximum absolute atomic E-state index is 13.2. The van der Waals surface area contributed by atoms with E-state index < -0.39 is 46.8 Å². The monoisotopic (exact) mass is 508 g/mol. The van der Waals surface area contributed by atoms with Crippen molar-refractivity contribution in [2.45, 2.75) is 111 Å². The third kappa shape index (κ3) is 13.4. The third-order valence-electron chi connectivity index (χ3n) is 4.75. The van der Waals surface area contributed by atoms with E-state index in [4.69, 9.17) is 14.2 Å². The molecular formula is C28H44FNO6. The number of benzene rings is 1. The first-order valence-electron chi connectivity index (χ1n) is 12.5. The van der Waals surface area contributed by atoms with Crippen molar-refractivity contribution in [3.8, 4) is 0 Å². The second-order valence-electron chi connectivity index (χ2n) is 12.0. The Bertz CT molecular complexity index is 862. The Kier molecular flexibility index (Phi) is 11.4. The second-order valence-corrected chi connectivity index (χ2v) is 12.0. The fourth-order valence-electron chi connectivity index (χ4n) is 3.37. The molecule has 0 fully saturated rings. The van der Waals surface area contributed by atoms with E-state index in [1.807, 2.05) is 24.3 Å². The van der Waals surface area contributed by atoms with E-state index in [0.717, 1.165) is 11.1 Å². The first kappa shape index (κ1) is 31.4. The van der Waals surface area contributed by atoms with Crippen LogP contribution in [0.15, 0.2) is 24.3 Å². The Morgan fingerprint density at radius 2 is 1.25 bits per heavy atom. The normalized spacial score (nSPS) is 13.9. The van der Waals surface area contributed by atoms with E-state index in [2.05, 4.69) is 5.32 Å². The summed E-state index contributed by atoms with van der Waals surface area (Å²) in [5.41, 5.74) is -0.428. The maximum atomic E-state index is 13.2. The lowest BCUT2D eigenvalue weighted by Gasteiger charge is -2.29. The van der Waals surface area contributed by atoms with Crippen LogP contribution in [0, 0.1) is 5.92 Å². The molecule has 1 aromatic carbocycles. The van der Waals surface area contributed by atoms with Crippen LogP contribution in [-0.2, 0) is 36.6 Å². The minimum Gasteiger partial charge on any atom is -0.460 e. The lowest BCUT2D eigenvalue weighted by molar-refractivity contribution is -0.162. The molecule has 1 aromatic rings. The van der Waals surface area contributed by atoms with E-state index in [0.29, 0.717) is 12.8 Å². The van der Waals surface area contributed by atoms with Gasteiger partial charge in [0.1, 0.15) is 22.8 Å². The summed E-state index contributed by atoms with van der Waals surface area (Å²) in [6.45, 7) is 15.3. The molecule has 0 saturated carbocycles. The van der Waals surface area contributed by atoms with Crippen LogP contribution in [0.2, 0.25) is 0 Å². The Balaban J connectivity index is 3.21. The Hall–Kier alpha value is -2.64. The lowest BCUT2D eigenvalue weighted by Crippen LogP contribution is -2.48. The Labute approximate surface area is 215 Å². The first-order chi connectivity index (χ1) is 16.4. The molecule has 36 heavy (non-hydrogen) atoms. The van der Waals surface area contributed by atoms with Crippen LogP contribution >= 0.6 is 0 Å². The van der Waals surface area contributed by atoms with Gasteiger partial charge in [-0.1, -0.05) is 24.3 Å². The average Bonchev–Trinajstić information content (AvgIpc) is 2.68. The van der Waals surface area contributed by atoms with Crippen molar-refractivity contribution in [1.29, 1.82) is 0 Å². The van der Waals surface area contributed by atoms with Crippen molar-refractivity contribution >= 4 is 18.0 Å². The van der Waals surface area contributed by atoms with Crippen LogP contribution in [0.4, 0.5) is 9.18 Å². The third-order valence-corrected chi connectivity index (χ3v) is 4.75. The van der Waals surface area contributed by atoms with Gasteiger partial charge in [0.25, 0.3) is 0 Å². The number of carbonyl (C=O) groups excluding carboxylic acids is 3. The van der Waals surface area contributed by atoms with Crippen LogP contribution in [0.5, 0.6) is 0 Å². The van der Waals surface area contributed by atoms with Gasteiger partial charge >= 0.3 is 18.0 Å². The van der Waals surface area contributed by atoms with E-state index >= 15 is 0 Å². The van der Waals surface area contributed by atoms with Crippen molar-refractivity contribution in [1.82, 2.24) is 5.32 Å². The summed E-state index contributed by atoms with van der Waals surface area (Å²) in [5, 5.41) is 2.58. The summed E-state index contributed by atoms with van der Waals surface area (Å²) in [5.74, 6) is -1.89. The van der Waals surface area contributed by atoms with Crippen LogP contribution in [-0.4, -0.2) is 47.6 Å². The van der Waals surface area contributed by atoms with Gasteiger partial charge in [0.05, 0.1) is 12.6 Å². The van der Waals surface area contributed by atoms with Gasteiger partial charge in [-0.3, -0.25) is 9.18 Å². The minimum absolute atomic E-state index is 0.0350. The van der Waals surface area contributed by atoms with Crippen LogP contribution in [0.1, 0.15) is 86.3 Å². The summed E-state index contributed by atoms with van der Waals surface area (Å²) in [7, 11) is 0. The topological polar surface area (TPSA) is 90.9 Å². The number of hydrogen-bond acceptors (Lipinski definition) is 6. The molecule has 0 saturated heterocycles. The molecule has 0 aromatic heterocycles. The summed E-state index contributed by atoms with van der Waals surface area (Å²) in [4.78, 5) is 38.7. The van der Waals surface area contributed by atoms with E-state index in [9.17, 15) is 18.8 Å². The number of hydrogen-bond donors (Lipinski definition) is 1. The number of aryl methyl sites for hydroxylation is 1. The van der Waals surface area contributed by atoms with Gasteiger partial charge < -0.3 is 19.5 Å². The number of rotatable bonds is 10. The van der Waals surface area contributed by atoms with E-state index in [1.165, 1.54) is 0 Å². The number of alkyl carbamates (subject to hydrolysis) is 1. The van der Waals surface area contributed by atoms with Gasteiger partial charge in [-0.05, 0) is 99.1 Å². The maximum Gasteiger partial charge on any atom is 0.408 e. The molecule has 0 radical (unpaired) electrons. The molecular weight excluding hydrogens is 464 g/mol. The minimum atomic E-state index is -1.12. The summed E-state index contributed by atoms with van der Waals surface area (Å²) in [6.07, 6.45) is 0.555. The summed E-state index contributed by atoms with van der Waals surface area (Å²) in [6, 6.07) is 6.45. The highest BCUT2D eigenvalue weighted by Crippen LogP contribution is 2.22. The van der Waals surface area contributed by atoms with Gasteiger partial charge in [0.2, 0.25) is 0 Å². The van der Waals surface area contributed by atoms with Gasteiger partial charge in [0, 0.05) is 0 Å². The van der Waals surface area contributed by atoms with E-state index in [1.54, 1.807) is 62.3 Å². The molecule has 8 heteroatoms. The molecule has 204 valence electrons. The number of ether oxygens (including phenoxy) is 3. The number of halogens is 1. The molecule has 7 nitrogen and oxygen atoms in total. The van der Waals surface area contributed by atoms with Gasteiger partial charge in [-0.25, -0.2) is 9.59 Å². The highest BCUT2D eigenvalue weighted by molar-refractivity contribution is 5.83. The number of alkyl halides is 1. The quantitative estimate of drug-likeness (QED) is 0.321. The smallest absolute Gasteiger partial charge is 0.408 e. The molecule has 1 amide bonds. The van der Waals surface area contributed by atoms with Crippen LogP contribution < -0.4 is 5.32 Å². The molecule has 0 aliphatic carbocycles. The number of amides is 1. The summed E-state index contributed by atoms with van der Waals surface area (Å²) >= 11 is 0. The number of esters is 2. The summed E-state index contributed by atoms with van der Waals surface area (Å²) < 4.78 is 29.0. The van der Waals surface area contributed by atoms with Crippen molar-refractivity contribution in [2.75, 3.05) is 6.67 Å². The standard InChI is InChI=1S/C28H44FNO6/c1-26(2,3)34-23(31)21(17-20-14-12-19(13-15-20)11-10-16-29)18-22(24(32)35-27(4,5)6)30-25(33)36-28(7,8)9/h12-15,21-22H,10-11,16-18H2,1-9H3,(H,30,33)/i29-1. The average molecular weight is 509 g/mol. The van der Waals surface area contributed by atoms with Gasteiger partial charge in [-0.15, -0.1) is 0 Å². The van der Waals surface area contributed by atoms with Crippen LogP contribution in [0.3, 0.4) is 0 Å². The molecule has 2 atom stereocenters. The zero-order valence-electron chi connectivity index (χ0n) is 23.3. The molecule has 0 aliphatic heterocycles. The largest absolute Gasteiger partial charge is 0.460 e. The predicted molar refractivity (Wildman–Crippen MR) is 137 cm³/mol. The molecule has 1 rings (SSSR count). The van der Waals surface area contributed by atoms with Crippen molar-refractivity contribution < 1.29 is 33.0 Å².